The van der Waals surface area contributed by atoms with E-state index in [0.29, 0.717) is 17.1 Å². The molecular formula is C35H46ClN5O7S. The first-order chi connectivity index (χ1) is 22.9. The predicted molar refractivity (Wildman–Crippen MR) is 187 cm³/mol. The van der Waals surface area contributed by atoms with Crippen LogP contribution in [0.1, 0.15) is 65.4 Å². The van der Waals surface area contributed by atoms with Crippen molar-refractivity contribution in [1.82, 2.24) is 20.3 Å². The first-order valence-electron chi connectivity index (χ1n) is 16.3. The van der Waals surface area contributed by atoms with Gasteiger partial charge in [0.1, 0.15) is 28.1 Å². The third-order valence-electron chi connectivity index (χ3n) is 8.86. The maximum Gasteiger partial charge on any atom is 0.408 e. The number of sulfonamides is 1. The van der Waals surface area contributed by atoms with E-state index >= 15 is 0 Å². The van der Waals surface area contributed by atoms with E-state index in [0.717, 1.165) is 5.56 Å². The second-order valence-corrected chi connectivity index (χ2v) is 16.0. The fourth-order valence-corrected chi connectivity index (χ4v) is 7.53. The minimum atomic E-state index is -4.33. The van der Waals surface area contributed by atoms with Crippen molar-refractivity contribution in [3.05, 3.63) is 71.8 Å². The van der Waals surface area contributed by atoms with Crippen LogP contribution >= 0.6 is 11.6 Å². The highest BCUT2D eigenvalue weighted by atomic mass is 35.5. The van der Waals surface area contributed by atoms with Crippen LogP contribution in [0.2, 0.25) is 5.02 Å². The average molecular weight is 716 g/mol. The Labute approximate surface area is 293 Å². The molecule has 12 nitrogen and oxygen atoms in total. The van der Waals surface area contributed by atoms with E-state index < -0.39 is 63.0 Å². The topological polar surface area (TPSA) is 163 Å². The molecule has 2 aromatic carbocycles. The van der Waals surface area contributed by atoms with Gasteiger partial charge in [-0.3, -0.25) is 14.4 Å². The summed E-state index contributed by atoms with van der Waals surface area (Å²) in [5, 5.41) is 8.86. The molecule has 1 saturated heterocycles. The molecule has 4 amide bonds. The molecule has 266 valence electrons. The van der Waals surface area contributed by atoms with Crippen LogP contribution in [0.4, 0.5) is 10.5 Å². The lowest BCUT2D eigenvalue weighted by Gasteiger charge is -2.41. The minimum Gasteiger partial charge on any atom is -0.444 e. The standard InChI is InChI=1S/C35H46ClN5O7S/c1-8-24-20-35(24,32(44)40-49(46,47)28-12-10-9-11-26(28)37-7)39-30(42)27-19-23(22-13-15-25(36)16-14-22)17-18-41(27)31(43)29(21(2)3)38-33(45)48-34(4,5)6/h8-16,21,23-24,27,29,37H,1,17-20H2,2-7H3,(H,38,45)(H,39,42)(H,40,44)/t23-,24-,27-,29+,35-/m1/s1. The Bertz CT molecular complexity index is 1690. The maximum absolute atomic E-state index is 14.3. The molecule has 4 N–H and O–H groups in total. The molecule has 14 heteroatoms. The molecule has 2 aliphatic rings. The monoisotopic (exact) mass is 715 g/mol. The SMILES string of the molecule is C=C[C@@H]1C[C@]1(NC(=O)[C@H]1C[C@H](c2ccc(Cl)cc2)CCN1C(=O)[C@@H](NC(=O)OC(C)(C)C)C(C)C)C(=O)NS(=O)(=O)c1ccccc1NC. The maximum atomic E-state index is 14.3. The number of ether oxygens (including phenoxy) is 1. The molecule has 0 radical (unpaired) electrons. The lowest BCUT2D eigenvalue weighted by molar-refractivity contribution is -0.146. The number of hydrogen-bond acceptors (Lipinski definition) is 8. The van der Waals surface area contributed by atoms with E-state index in [4.69, 9.17) is 16.3 Å². The number of piperidine rings is 1. The second kappa shape index (κ2) is 14.8. The number of nitrogens with zero attached hydrogens (tertiary/aromatic N) is 1. The van der Waals surface area contributed by atoms with Gasteiger partial charge >= 0.3 is 6.09 Å². The summed E-state index contributed by atoms with van der Waals surface area (Å²) in [7, 11) is -2.77. The number of benzene rings is 2. The van der Waals surface area contributed by atoms with Gasteiger partial charge in [0.2, 0.25) is 11.8 Å². The molecule has 1 saturated carbocycles. The summed E-state index contributed by atoms with van der Waals surface area (Å²) < 4.78 is 34.2. The number of likely N-dealkylation sites (tertiary alicyclic amines) is 1. The minimum absolute atomic E-state index is 0.118. The molecule has 49 heavy (non-hydrogen) atoms. The van der Waals surface area contributed by atoms with Crippen molar-refractivity contribution in [1.29, 1.82) is 0 Å². The zero-order valence-corrected chi connectivity index (χ0v) is 30.3. The van der Waals surface area contributed by atoms with Crippen molar-refractivity contribution in [2.75, 3.05) is 18.9 Å². The zero-order chi connectivity index (χ0) is 36.3. The van der Waals surface area contributed by atoms with Crippen LogP contribution in [-0.4, -0.2) is 73.9 Å². The molecule has 0 spiro atoms. The molecule has 0 aromatic heterocycles. The summed E-state index contributed by atoms with van der Waals surface area (Å²) in [4.78, 5) is 56.2. The van der Waals surface area contributed by atoms with Crippen LogP contribution in [0.25, 0.3) is 0 Å². The van der Waals surface area contributed by atoms with E-state index in [1.807, 2.05) is 12.1 Å². The van der Waals surface area contributed by atoms with Crippen LogP contribution in [0.15, 0.2) is 66.1 Å². The number of anilines is 1. The van der Waals surface area contributed by atoms with Crippen molar-refractivity contribution in [3.63, 3.8) is 0 Å². The van der Waals surface area contributed by atoms with Gasteiger partial charge in [0.25, 0.3) is 15.9 Å². The number of hydrogen-bond donors (Lipinski definition) is 4. The average Bonchev–Trinajstić information content (AvgIpc) is 3.76. The Morgan fingerprint density at radius 1 is 1.08 bits per heavy atom. The zero-order valence-electron chi connectivity index (χ0n) is 28.7. The van der Waals surface area contributed by atoms with E-state index in [9.17, 15) is 27.6 Å². The molecule has 2 fully saturated rings. The summed E-state index contributed by atoms with van der Waals surface area (Å²) >= 11 is 6.12. The van der Waals surface area contributed by atoms with Crippen LogP contribution in [0.3, 0.4) is 0 Å². The molecule has 0 bridgehead atoms. The molecule has 1 aliphatic heterocycles. The van der Waals surface area contributed by atoms with Crippen molar-refractivity contribution in [3.8, 4) is 0 Å². The summed E-state index contributed by atoms with van der Waals surface area (Å²) in [5.41, 5.74) is -1.17. The summed E-state index contributed by atoms with van der Waals surface area (Å²) in [5.74, 6) is -3.05. The van der Waals surface area contributed by atoms with E-state index in [1.165, 1.54) is 23.1 Å². The normalized spacial score (nSPS) is 22.8. The number of para-hydroxylation sites is 1. The summed E-state index contributed by atoms with van der Waals surface area (Å²) in [6.45, 7) is 12.7. The highest BCUT2D eigenvalue weighted by molar-refractivity contribution is 7.90. The number of amides is 4. The Morgan fingerprint density at radius 3 is 2.31 bits per heavy atom. The molecule has 2 aromatic rings. The van der Waals surface area contributed by atoms with E-state index in [1.54, 1.807) is 65.9 Å². The van der Waals surface area contributed by atoms with Gasteiger partial charge in [-0.25, -0.2) is 17.9 Å². The quantitative estimate of drug-likeness (QED) is 0.246. The fourth-order valence-electron chi connectivity index (χ4n) is 6.15. The smallest absolute Gasteiger partial charge is 0.408 e. The molecule has 1 heterocycles. The number of alkyl carbamates (subject to hydrolysis) is 1. The second-order valence-electron chi connectivity index (χ2n) is 13.9. The molecular weight excluding hydrogens is 670 g/mol. The lowest BCUT2D eigenvalue weighted by atomic mass is 9.84. The van der Waals surface area contributed by atoms with Gasteiger partial charge in [0.15, 0.2) is 0 Å². The fraction of sp³-hybridized carbons (Fsp3) is 0.486. The highest BCUT2D eigenvalue weighted by Gasteiger charge is 2.61. The number of carbonyl (C=O) groups excluding carboxylic acids is 4. The third kappa shape index (κ3) is 8.74. The number of rotatable bonds is 11. The first-order valence-corrected chi connectivity index (χ1v) is 18.1. The summed E-state index contributed by atoms with van der Waals surface area (Å²) in [6.07, 6.45) is 1.58. The van der Waals surface area contributed by atoms with Crippen LogP contribution in [0, 0.1) is 11.8 Å². The molecule has 5 atom stereocenters. The largest absolute Gasteiger partial charge is 0.444 e. The Balaban J connectivity index is 1.63. The number of carbonyl (C=O) groups is 4. The first kappa shape index (κ1) is 37.7. The van der Waals surface area contributed by atoms with Gasteiger partial charge in [0.05, 0.1) is 5.69 Å². The summed E-state index contributed by atoms with van der Waals surface area (Å²) in [6, 6.07) is 11.3. The molecule has 1 aliphatic carbocycles. The van der Waals surface area contributed by atoms with Crippen molar-refractivity contribution < 1.29 is 32.3 Å². The molecule has 0 unspecified atom stereocenters. The van der Waals surface area contributed by atoms with E-state index in [-0.39, 0.29) is 36.1 Å². The Hall–Kier alpha value is -4.10. The highest BCUT2D eigenvalue weighted by Crippen LogP contribution is 2.45. The van der Waals surface area contributed by atoms with Crippen LogP contribution in [-0.2, 0) is 29.1 Å². The van der Waals surface area contributed by atoms with Gasteiger partial charge in [-0.1, -0.05) is 55.8 Å². The van der Waals surface area contributed by atoms with Crippen LogP contribution < -0.4 is 20.7 Å². The van der Waals surface area contributed by atoms with Crippen molar-refractivity contribution >= 4 is 51.1 Å². The van der Waals surface area contributed by atoms with Crippen molar-refractivity contribution in [2.45, 2.75) is 87.9 Å². The molecule has 4 rings (SSSR count). The Morgan fingerprint density at radius 2 is 1.73 bits per heavy atom. The lowest BCUT2D eigenvalue weighted by Crippen LogP contribution is -2.62. The van der Waals surface area contributed by atoms with Gasteiger partial charge in [-0.15, -0.1) is 6.58 Å². The van der Waals surface area contributed by atoms with Crippen LogP contribution in [0.5, 0.6) is 0 Å². The Kier molecular flexibility index (Phi) is 11.4. The third-order valence-corrected chi connectivity index (χ3v) is 10.5. The predicted octanol–water partition coefficient (Wildman–Crippen LogP) is 4.57. The van der Waals surface area contributed by atoms with Gasteiger partial charge in [-0.05, 0) is 81.7 Å². The van der Waals surface area contributed by atoms with Gasteiger partial charge in [-0.2, -0.15) is 0 Å². The van der Waals surface area contributed by atoms with E-state index in [2.05, 4.69) is 27.3 Å². The van der Waals surface area contributed by atoms with Crippen molar-refractivity contribution in [2.24, 2.45) is 11.8 Å². The number of nitrogens with one attached hydrogen (secondary N) is 4. The van der Waals surface area contributed by atoms with Gasteiger partial charge < -0.3 is 25.6 Å². The van der Waals surface area contributed by atoms with Gasteiger partial charge in [0, 0.05) is 24.5 Å². The number of halogens is 1.